The second-order valence-electron chi connectivity index (χ2n) is 2.52. The highest BCUT2D eigenvalue weighted by molar-refractivity contribution is 6.30. The minimum absolute atomic E-state index is 0.0644. The van der Waals surface area contributed by atoms with E-state index in [-0.39, 0.29) is 11.1 Å². The molecule has 0 saturated carbocycles. The molecule has 66 valence electrons. The zero-order valence-electron chi connectivity index (χ0n) is 6.51. The highest BCUT2D eigenvalue weighted by Gasteiger charge is 2.06. The van der Waals surface area contributed by atoms with Crippen LogP contribution in [0, 0.1) is 5.82 Å². The van der Waals surface area contributed by atoms with Gasteiger partial charge in [-0.3, -0.25) is 0 Å². The van der Waals surface area contributed by atoms with Crippen molar-refractivity contribution < 1.29 is 9.60 Å². The summed E-state index contributed by atoms with van der Waals surface area (Å²) in [6.45, 7) is 1.74. The fourth-order valence-electron chi connectivity index (χ4n) is 0.856. The Kier molecular flexibility index (Phi) is 3.03. The molecule has 1 unspecified atom stereocenters. The molecule has 0 aliphatic heterocycles. The highest BCUT2D eigenvalue weighted by Crippen LogP contribution is 2.19. The van der Waals surface area contributed by atoms with Crippen LogP contribution in [0.3, 0.4) is 0 Å². The number of halogens is 2. The molecule has 0 aliphatic carbocycles. The lowest BCUT2D eigenvalue weighted by Crippen LogP contribution is -2.12. The first-order valence-electron chi connectivity index (χ1n) is 3.49. The van der Waals surface area contributed by atoms with Gasteiger partial charge >= 0.3 is 0 Å². The number of rotatable bonds is 2. The summed E-state index contributed by atoms with van der Waals surface area (Å²) in [5.74, 6) is -0.453. The van der Waals surface area contributed by atoms with Gasteiger partial charge < -0.3 is 5.21 Å². The molecular weight excluding hydrogens is 181 g/mol. The predicted molar refractivity (Wildman–Crippen MR) is 44.7 cm³/mol. The molecule has 1 atom stereocenters. The fourth-order valence-corrected chi connectivity index (χ4v) is 1.05. The van der Waals surface area contributed by atoms with Crippen LogP contribution in [0.5, 0.6) is 0 Å². The molecule has 0 spiro atoms. The molecule has 1 aromatic rings. The van der Waals surface area contributed by atoms with Crippen LogP contribution in [0.25, 0.3) is 0 Å². The third-order valence-corrected chi connectivity index (χ3v) is 1.93. The van der Waals surface area contributed by atoms with E-state index >= 15 is 0 Å². The molecular formula is C8H9ClFNO. The van der Waals surface area contributed by atoms with E-state index in [2.05, 4.69) is 0 Å². The molecule has 0 amide bonds. The first kappa shape index (κ1) is 9.45. The van der Waals surface area contributed by atoms with Gasteiger partial charge in [-0.25, -0.2) is 4.39 Å². The van der Waals surface area contributed by atoms with Crippen molar-refractivity contribution in [3.05, 3.63) is 34.6 Å². The Morgan fingerprint density at radius 3 is 2.75 bits per heavy atom. The van der Waals surface area contributed by atoms with Gasteiger partial charge in [0, 0.05) is 0 Å². The predicted octanol–water partition coefficient (Wildman–Crippen LogP) is 2.52. The van der Waals surface area contributed by atoms with Crippen molar-refractivity contribution in [1.82, 2.24) is 5.48 Å². The normalized spacial score (nSPS) is 13.0. The third kappa shape index (κ3) is 1.94. The van der Waals surface area contributed by atoms with Crippen molar-refractivity contribution in [3.63, 3.8) is 0 Å². The van der Waals surface area contributed by atoms with E-state index in [4.69, 9.17) is 16.8 Å². The lowest BCUT2D eigenvalue weighted by atomic mass is 10.1. The summed E-state index contributed by atoms with van der Waals surface area (Å²) >= 11 is 5.53. The molecule has 1 aromatic carbocycles. The van der Waals surface area contributed by atoms with Crippen molar-refractivity contribution >= 4 is 11.6 Å². The Balaban J connectivity index is 2.96. The highest BCUT2D eigenvalue weighted by atomic mass is 35.5. The minimum atomic E-state index is -0.453. The van der Waals surface area contributed by atoms with Crippen molar-refractivity contribution in [1.29, 1.82) is 0 Å². The van der Waals surface area contributed by atoms with E-state index in [1.165, 1.54) is 12.1 Å². The topological polar surface area (TPSA) is 32.3 Å². The van der Waals surface area contributed by atoms with Gasteiger partial charge in [-0.2, -0.15) is 5.48 Å². The zero-order chi connectivity index (χ0) is 9.14. The molecule has 0 saturated heterocycles. The maximum Gasteiger partial charge on any atom is 0.141 e. The molecule has 0 fully saturated rings. The molecule has 0 radical (unpaired) electrons. The van der Waals surface area contributed by atoms with E-state index in [9.17, 15) is 4.39 Å². The van der Waals surface area contributed by atoms with Gasteiger partial charge in [0.15, 0.2) is 0 Å². The van der Waals surface area contributed by atoms with Gasteiger partial charge in [0.2, 0.25) is 0 Å². The molecule has 12 heavy (non-hydrogen) atoms. The summed E-state index contributed by atoms with van der Waals surface area (Å²) < 4.78 is 12.7. The van der Waals surface area contributed by atoms with Gasteiger partial charge in [0.05, 0.1) is 11.1 Å². The molecule has 2 N–H and O–H groups in total. The van der Waals surface area contributed by atoms with Crippen LogP contribution >= 0.6 is 11.6 Å². The average molecular weight is 190 g/mol. The first-order chi connectivity index (χ1) is 5.65. The summed E-state index contributed by atoms with van der Waals surface area (Å²) in [5, 5.41) is 8.63. The van der Waals surface area contributed by atoms with Crippen LogP contribution in [-0.4, -0.2) is 5.21 Å². The Bertz CT molecular complexity index is 280. The number of hydrogen-bond acceptors (Lipinski definition) is 2. The molecule has 0 aliphatic rings. The lowest BCUT2D eigenvalue weighted by Gasteiger charge is -2.09. The molecule has 1 rings (SSSR count). The third-order valence-electron chi connectivity index (χ3n) is 1.64. The van der Waals surface area contributed by atoms with Crippen molar-refractivity contribution in [3.8, 4) is 0 Å². The number of nitrogens with one attached hydrogen (secondary N) is 1. The summed E-state index contributed by atoms with van der Waals surface area (Å²) in [4.78, 5) is 0. The Labute approximate surface area is 74.9 Å². The van der Waals surface area contributed by atoms with Crippen LogP contribution < -0.4 is 5.48 Å². The van der Waals surface area contributed by atoms with E-state index in [1.54, 1.807) is 13.0 Å². The molecule has 2 nitrogen and oxygen atoms in total. The molecule has 0 bridgehead atoms. The lowest BCUT2D eigenvalue weighted by molar-refractivity contribution is 0.133. The monoisotopic (exact) mass is 189 g/mol. The number of benzene rings is 1. The van der Waals surface area contributed by atoms with Gasteiger partial charge in [0.1, 0.15) is 5.82 Å². The summed E-state index contributed by atoms with van der Waals surface area (Å²) in [7, 11) is 0. The van der Waals surface area contributed by atoms with Crippen LogP contribution in [0.15, 0.2) is 18.2 Å². The average Bonchev–Trinajstić information content (AvgIpc) is 2.08. The van der Waals surface area contributed by atoms with E-state index < -0.39 is 5.82 Å². The first-order valence-corrected chi connectivity index (χ1v) is 3.87. The Morgan fingerprint density at radius 1 is 1.58 bits per heavy atom. The maximum absolute atomic E-state index is 12.7. The van der Waals surface area contributed by atoms with E-state index in [1.807, 2.05) is 5.48 Å². The zero-order valence-corrected chi connectivity index (χ0v) is 7.27. The van der Waals surface area contributed by atoms with E-state index in [0.717, 1.165) is 5.56 Å². The van der Waals surface area contributed by atoms with Crippen molar-refractivity contribution in [2.75, 3.05) is 0 Å². The smallest absolute Gasteiger partial charge is 0.141 e. The van der Waals surface area contributed by atoms with Crippen molar-refractivity contribution in [2.45, 2.75) is 13.0 Å². The number of hydrogen-bond donors (Lipinski definition) is 2. The molecule has 0 aromatic heterocycles. The molecule has 0 heterocycles. The van der Waals surface area contributed by atoms with Crippen LogP contribution in [0.2, 0.25) is 5.02 Å². The minimum Gasteiger partial charge on any atom is -0.316 e. The molecule has 4 heteroatoms. The largest absolute Gasteiger partial charge is 0.316 e. The van der Waals surface area contributed by atoms with Gasteiger partial charge in [-0.05, 0) is 24.6 Å². The second kappa shape index (κ2) is 3.85. The van der Waals surface area contributed by atoms with Crippen molar-refractivity contribution in [2.24, 2.45) is 0 Å². The van der Waals surface area contributed by atoms with Crippen LogP contribution in [0.1, 0.15) is 18.5 Å². The van der Waals surface area contributed by atoms with Gasteiger partial charge in [-0.1, -0.05) is 17.7 Å². The maximum atomic E-state index is 12.7. The van der Waals surface area contributed by atoms with Crippen LogP contribution in [-0.2, 0) is 0 Å². The fraction of sp³-hybridized carbons (Fsp3) is 0.250. The quantitative estimate of drug-likeness (QED) is 0.701. The SMILES string of the molecule is CC(NO)c1ccc(F)c(Cl)c1. The summed E-state index contributed by atoms with van der Waals surface area (Å²) in [6.07, 6.45) is 0. The number of hydroxylamine groups is 1. The second-order valence-corrected chi connectivity index (χ2v) is 2.93. The summed E-state index contributed by atoms with van der Waals surface area (Å²) in [5.41, 5.74) is 2.79. The Morgan fingerprint density at radius 2 is 2.25 bits per heavy atom. The standard InChI is InChI=1S/C8H9ClFNO/c1-5(11-12)6-2-3-8(10)7(9)4-6/h2-5,11-12H,1H3. The van der Waals surface area contributed by atoms with Gasteiger partial charge in [0.25, 0.3) is 0 Å². The van der Waals surface area contributed by atoms with Crippen LogP contribution in [0.4, 0.5) is 4.39 Å². The Hall–Kier alpha value is -0.640. The van der Waals surface area contributed by atoms with E-state index in [0.29, 0.717) is 0 Å². The summed E-state index contributed by atoms with van der Waals surface area (Å²) in [6, 6.07) is 4.06. The van der Waals surface area contributed by atoms with Gasteiger partial charge in [-0.15, -0.1) is 0 Å².